The van der Waals surface area contributed by atoms with Crippen LogP contribution < -0.4 is 10.5 Å². The highest BCUT2D eigenvalue weighted by Crippen LogP contribution is 2.32. The minimum absolute atomic E-state index is 0.0688. The van der Waals surface area contributed by atoms with Gasteiger partial charge in [0.1, 0.15) is 11.6 Å². The molecule has 1 aromatic carbocycles. The van der Waals surface area contributed by atoms with Crippen molar-refractivity contribution in [3.05, 3.63) is 29.8 Å². The summed E-state index contributed by atoms with van der Waals surface area (Å²) in [7, 11) is 1.57. The van der Waals surface area contributed by atoms with Crippen molar-refractivity contribution >= 4 is 5.82 Å². The van der Waals surface area contributed by atoms with Crippen LogP contribution in [-0.2, 0) is 6.61 Å². The molecule has 0 unspecified atom stereocenters. The molecule has 0 atom stereocenters. The topological polar surface area (TPSA) is 84.2 Å². The Bertz CT molecular complexity index is 494. The van der Waals surface area contributed by atoms with Gasteiger partial charge >= 0.3 is 0 Å². The normalized spacial score (nSPS) is 10.4. The highest BCUT2D eigenvalue weighted by molar-refractivity contribution is 5.70. The molecule has 16 heavy (non-hydrogen) atoms. The molecule has 0 aliphatic carbocycles. The number of aromatic nitrogens is 2. The molecule has 5 heteroatoms. The monoisotopic (exact) mass is 219 g/mol. The second kappa shape index (κ2) is 4.24. The van der Waals surface area contributed by atoms with E-state index in [0.29, 0.717) is 11.6 Å². The lowest BCUT2D eigenvalue weighted by Gasteiger charge is -2.10. The van der Waals surface area contributed by atoms with Gasteiger partial charge in [0.15, 0.2) is 0 Å². The number of hydrogen-bond donors (Lipinski definition) is 3. The van der Waals surface area contributed by atoms with Crippen molar-refractivity contribution in [1.29, 1.82) is 0 Å². The van der Waals surface area contributed by atoms with E-state index < -0.39 is 0 Å². The molecule has 0 spiro atoms. The largest absolute Gasteiger partial charge is 0.496 e. The maximum absolute atomic E-state index is 9.20. The Labute approximate surface area is 92.9 Å². The zero-order chi connectivity index (χ0) is 11.5. The quantitative estimate of drug-likeness (QED) is 0.723. The number of nitrogens with one attached hydrogen (secondary N) is 1. The van der Waals surface area contributed by atoms with Gasteiger partial charge in [-0.2, -0.15) is 5.10 Å². The van der Waals surface area contributed by atoms with Crippen LogP contribution in [0.1, 0.15) is 5.56 Å². The van der Waals surface area contributed by atoms with Crippen LogP contribution in [0.4, 0.5) is 5.82 Å². The molecule has 4 N–H and O–H groups in total. The first-order valence-corrected chi connectivity index (χ1v) is 4.84. The Morgan fingerprint density at radius 1 is 1.50 bits per heavy atom. The lowest BCUT2D eigenvalue weighted by Crippen LogP contribution is -1.94. The highest BCUT2D eigenvalue weighted by Gasteiger charge is 2.11. The van der Waals surface area contributed by atoms with Crippen molar-refractivity contribution in [1.82, 2.24) is 10.2 Å². The van der Waals surface area contributed by atoms with Crippen LogP contribution in [0.25, 0.3) is 11.3 Å². The second-order valence-electron chi connectivity index (χ2n) is 3.36. The van der Waals surface area contributed by atoms with Crippen LogP contribution in [0.2, 0.25) is 0 Å². The van der Waals surface area contributed by atoms with Crippen molar-refractivity contribution < 1.29 is 9.84 Å². The van der Waals surface area contributed by atoms with Gasteiger partial charge in [-0.15, -0.1) is 0 Å². The van der Waals surface area contributed by atoms with E-state index in [1.807, 2.05) is 18.2 Å². The summed E-state index contributed by atoms with van der Waals surface area (Å²) in [6.45, 7) is -0.0688. The number of benzene rings is 1. The van der Waals surface area contributed by atoms with E-state index in [0.717, 1.165) is 16.8 Å². The van der Waals surface area contributed by atoms with Gasteiger partial charge in [0, 0.05) is 17.2 Å². The van der Waals surface area contributed by atoms with E-state index in [9.17, 15) is 5.11 Å². The summed E-state index contributed by atoms with van der Waals surface area (Å²) in [6.07, 6.45) is 0. The molecular weight excluding hydrogens is 206 g/mol. The SMILES string of the molecule is COc1c(CO)cccc1-c1cc(N)n[nH]1. The average Bonchev–Trinajstić information content (AvgIpc) is 2.74. The number of aliphatic hydroxyl groups excluding tert-OH is 1. The summed E-state index contributed by atoms with van der Waals surface area (Å²) in [5, 5.41) is 15.9. The Kier molecular flexibility index (Phi) is 2.78. The number of aliphatic hydroxyl groups is 1. The van der Waals surface area contributed by atoms with Crippen LogP contribution >= 0.6 is 0 Å². The van der Waals surface area contributed by atoms with Crippen molar-refractivity contribution in [3.8, 4) is 17.0 Å². The van der Waals surface area contributed by atoms with Crippen LogP contribution in [0, 0.1) is 0 Å². The van der Waals surface area contributed by atoms with Gasteiger partial charge in [0.05, 0.1) is 19.4 Å². The molecular formula is C11H13N3O2. The third-order valence-electron chi connectivity index (χ3n) is 2.36. The average molecular weight is 219 g/mol. The minimum Gasteiger partial charge on any atom is -0.496 e. The molecule has 0 saturated carbocycles. The lowest BCUT2D eigenvalue weighted by atomic mass is 10.1. The Morgan fingerprint density at radius 2 is 2.31 bits per heavy atom. The first-order chi connectivity index (χ1) is 7.76. The fourth-order valence-corrected chi connectivity index (χ4v) is 1.64. The first kappa shape index (κ1) is 10.5. The number of aromatic amines is 1. The number of rotatable bonds is 3. The highest BCUT2D eigenvalue weighted by atomic mass is 16.5. The molecule has 0 fully saturated rings. The zero-order valence-electron chi connectivity index (χ0n) is 8.90. The Balaban J connectivity index is 2.56. The van der Waals surface area contributed by atoms with Crippen LogP contribution in [0.3, 0.4) is 0 Å². The summed E-state index contributed by atoms with van der Waals surface area (Å²) < 4.78 is 5.28. The number of anilines is 1. The predicted molar refractivity (Wildman–Crippen MR) is 60.9 cm³/mol. The van der Waals surface area contributed by atoms with Gasteiger partial charge in [-0.05, 0) is 6.07 Å². The number of para-hydroxylation sites is 1. The molecule has 0 aliphatic rings. The van der Waals surface area contributed by atoms with Gasteiger partial charge in [-0.1, -0.05) is 12.1 Å². The van der Waals surface area contributed by atoms with E-state index in [2.05, 4.69) is 10.2 Å². The molecule has 1 aromatic heterocycles. The van der Waals surface area contributed by atoms with E-state index in [-0.39, 0.29) is 6.61 Å². The van der Waals surface area contributed by atoms with E-state index in [1.54, 1.807) is 13.2 Å². The fraction of sp³-hybridized carbons (Fsp3) is 0.182. The number of methoxy groups -OCH3 is 1. The molecule has 0 saturated heterocycles. The van der Waals surface area contributed by atoms with E-state index >= 15 is 0 Å². The molecule has 0 bridgehead atoms. The van der Waals surface area contributed by atoms with E-state index in [4.69, 9.17) is 10.5 Å². The van der Waals surface area contributed by atoms with Gasteiger partial charge in [0.2, 0.25) is 0 Å². The first-order valence-electron chi connectivity index (χ1n) is 4.84. The maximum Gasteiger partial charge on any atom is 0.145 e. The number of H-pyrrole nitrogens is 1. The van der Waals surface area contributed by atoms with Crippen molar-refractivity contribution in [2.75, 3.05) is 12.8 Å². The number of nitrogens with zero attached hydrogens (tertiary/aromatic N) is 1. The van der Waals surface area contributed by atoms with E-state index in [1.165, 1.54) is 0 Å². The zero-order valence-corrected chi connectivity index (χ0v) is 8.90. The second-order valence-corrected chi connectivity index (χ2v) is 3.36. The van der Waals surface area contributed by atoms with Crippen molar-refractivity contribution in [2.24, 2.45) is 0 Å². The fourth-order valence-electron chi connectivity index (χ4n) is 1.64. The number of hydrogen-bond acceptors (Lipinski definition) is 4. The van der Waals surface area contributed by atoms with Crippen molar-refractivity contribution in [2.45, 2.75) is 6.61 Å². The summed E-state index contributed by atoms with van der Waals surface area (Å²) in [4.78, 5) is 0. The van der Waals surface area contributed by atoms with Gasteiger partial charge < -0.3 is 15.6 Å². The number of nitrogens with two attached hydrogens (primary N) is 1. The van der Waals surface area contributed by atoms with Crippen LogP contribution in [0.15, 0.2) is 24.3 Å². The third-order valence-corrected chi connectivity index (χ3v) is 2.36. The Morgan fingerprint density at radius 3 is 2.88 bits per heavy atom. The summed E-state index contributed by atoms with van der Waals surface area (Å²) in [5.41, 5.74) is 7.88. The minimum atomic E-state index is -0.0688. The predicted octanol–water partition coefficient (Wildman–Crippen LogP) is 1.16. The summed E-state index contributed by atoms with van der Waals surface area (Å²) >= 11 is 0. The van der Waals surface area contributed by atoms with Gasteiger partial charge in [-0.25, -0.2) is 0 Å². The standard InChI is InChI=1S/C11H13N3O2/c1-16-11-7(6-15)3-2-4-8(11)9-5-10(12)14-13-9/h2-5,15H,6H2,1H3,(H3,12,13,14). The molecule has 0 aliphatic heterocycles. The van der Waals surface area contributed by atoms with Crippen LogP contribution in [-0.4, -0.2) is 22.4 Å². The molecule has 84 valence electrons. The summed E-state index contributed by atoms with van der Waals surface area (Å²) in [6, 6.07) is 7.26. The van der Waals surface area contributed by atoms with Crippen LogP contribution in [0.5, 0.6) is 5.75 Å². The number of ether oxygens (including phenoxy) is 1. The number of nitrogen functional groups attached to an aromatic ring is 1. The molecule has 2 aromatic rings. The smallest absolute Gasteiger partial charge is 0.145 e. The Hall–Kier alpha value is -2.01. The maximum atomic E-state index is 9.20. The molecule has 1 heterocycles. The molecule has 0 amide bonds. The third kappa shape index (κ3) is 1.72. The van der Waals surface area contributed by atoms with Gasteiger partial charge in [-0.3, -0.25) is 5.10 Å². The molecule has 2 rings (SSSR count). The lowest BCUT2D eigenvalue weighted by molar-refractivity contribution is 0.274. The van der Waals surface area contributed by atoms with Gasteiger partial charge in [0.25, 0.3) is 0 Å². The molecule has 0 radical (unpaired) electrons. The molecule has 5 nitrogen and oxygen atoms in total. The summed E-state index contributed by atoms with van der Waals surface area (Å²) in [5.74, 6) is 1.06. The van der Waals surface area contributed by atoms with Crippen molar-refractivity contribution in [3.63, 3.8) is 0 Å².